The van der Waals surface area contributed by atoms with E-state index < -0.39 is 11.5 Å². The summed E-state index contributed by atoms with van der Waals surface area (Å²) in [6.45, 7) is 0.881. The number of carboxylic acid groups (broad SMARTS) is 1. The first-order valence-electron chi connectivity index (χ1n) is 7.62. The summed E-state index contributed by atoms with van der Waals surface area (Å²) < 4.78 is 3.56. The van der Waals surface area contributed by atoms with Crippen LogP contribution in [0.5, 0.6) is 0 Å². The van der Waals surface area contributed by atoms with Crippen molar-refractivity contribution < 1.29 is 14.7 Å². The highest BCUT2D eigenvalue weighted by molar-refractivity contribution is 5.80. The molecule has 1 fully saturated rings. The number of imidazole rings is 1. The first kappa shape index (κ1) is 15.3. The van der Waals surface area contributed by atoms with E-state index in [-0.39, 0.29) is 5.91 Å². The summed E-state index contributed by atoms with van der Waals surface area (Å²) in [4.78, 5) is 29.9. The van der Waals surface area contributed by atoms with Gasteiger partial charge in [0.2, 0.25) is 5.91 Å². The number of hydrogen-bond acceptors (Lipinski definition) is 3. The standard InChI is InChI=1S/C16H20N4O3/c1-18-6-2-13(11-18)10-14(21)19-7-3-16(4-8-19,15(22)23)20-9-5-17-12-20/h2,5-6,9,11-12H,3-4,7-8,10H2,1H3,(H,22,23). The Bertz CT molecular complexity index is 697. The summed E-state index contributed by atoms with van der Waals surface area (Å²) in [5, 5.41) is 9.67. The molecule has 1 aliphatic rings. The zero-order valence-electron chi connectivity index (χ0n) is 13.1. The summed E-state index contributed by atoms with van der Waals surface area (Å²) in [6, 6.07) is 1.93. The van der Waals surface area contributed by atoms with Crippen molar-refractivity contribution in [3.8, 4) is 0 Å². The molecule has 2 aromatic heterocycles. The lowest BCUT2D eigenvalue weighted by atomic mass is 9.87. The van der Waals surface area contributed by atoms with Crippen molar-refractivity contribution in [1.82, 2.24) is 19.0 Å². The summed E-state index contributed by atoms with van der Waals surface area (Å²) in [5.41, 5.74) is -0.0257. The Kier molecular flexibility index (Phi) is 3.94. The SMILES string of the molecule is Cn1ccc(CC(=O)N2CCC(C(=O)O)(n3ccnc3)CC2)c1. The van der Waals surface area contributed by atoms with E-state index >= 15 is 0 Å². The molecule has 0 aliphatic carbocycles. The molecule has 0 spiro atoms. The minimum atomic E-state index is -1.000. The van der Waals surface area contributed by atoms with Crippen LogP contribution in [0.4, 0.5) is 0 Å². The van der Waals surface area contributed by atoms with E-state index in [1.54, 1.807) is 21.9 Å². The number of aliphatic carboxylic acids is 1. The fraction of sp³-hybridized carbons (Fsp3) is 0.438. The van der Waals surface area contributed by atoms with Crippen molar-refractivity contribution in [2.45, 2.75) is 24.8 Å². The Morgan fingerprint density at radius 2 is 2.04 bits per heavy atom. The minimum Gasteiger partial charge on any atom is -0.479 e. The number of piperidine rings is 1. The van der Waals surface area contributed by atoms with Gasteiger partial charge < -0.3 is 19.1 Å². The molecule has 3 rings (SSSR count). The Balaban J connectivity index is 1.67. The number of rotatable bonds is 4. The van der Waals surface area contributed by atoms with Gasteiger partial charge in [0, 0.05) is 44.9 Å². The Hall–Kier alpha value is -2.57. The van der Waals surface area contributed by atoms with E-state index in [9.17, 15) is 14.7 Å². The fourth-order valence-electron chi connectivity index (χ4n) is 3.17. The van der Waals surface area contributed by atoms with Crippen LogP contribution in [-0.2, 0) is 28.6 Å². The molecule has 1 aliphatic heterocycles. The number of aryl methyl sites for hydroxylation is 1. The maximum Gasteiger partial charge on any atom is 0.330 e. The van der Waals surface area contributed by atoms with Crippen LogP contribution < -0.4 is 0 Å². The first-order chi connectivity index (χ1) is 11.0. The highest BCUT2D eigenvalue weighted by Gasteiger charge is 2.43. The zero-order valence-corrected chi connectivity index (χ0v) is 13.1. The monoisotopic (exact) mass is 316 g/mol. The Labute approximate surface area is 134 Å². The summed E-state index contributed by atoms with van der Waals surface area (Å²) in [6.07, 6.45) is 9.76. The molecule has 0 radical (unpaired) electrons. The van der Waals surface area contributed by atoms with Crippen LogP contribution in [0.15, 0.2) is 37.2 Å². The lowest BCUT2D eigenvalue weighted by Gasteiger charge is -2.39. The highest BCUT2D eigenvalue weighted by Crippen LogP contribution is 2.30. The summed E-state index contributed by atoms with van der Waals surface area (Å²) in [5.74, 6) is -0.827. The Morgan fingerprint density at radius 3 is 2.57 bits per heavy atom. The smallest absolute Gasteiger partial charge is 0.330 e. The molecular weight excluding hydrogens is 296 g/mol. The number of carbonyl (C=O) groups excluding carboxylic acids is 1. The van der Waals surface area contributed by atoms with E-state index in [2.05, 4.69) is 4.98 Å². The molecule has 23 heavy (non-hydrogen) atoms. The van der Waals surface area contributed by atoms with Gasteiger partial charge in [-0.3, -0.25) is 4.79 Å². The maximum absolute atomic E-state index is 12.4. The van der Waals surface area contributed by atoms with Gasteiger partial charge in [-0.2, -0.15) is 0 Å². The van der Waals surface area contributed by atoms with Crippen molar-refractivity contribution in [2.75, 3.05) is 13.1 Å². The van der Waals surface area contributed by atoms with Crippen LogP contribution >= 0.6 is 0 Å². The number of hydrogen-bond donors (Lipinski definition) is 1. The van der Waals surface area contributed by atoms with Gasteiger partial charge in [0.25, 0.3) is 0 Å². The third-order valence-corrected chi connectivity index (χ3v) is 4.59. The fourth-order valence-corrected chi connectivity index (χ4v) is 3.17. The summed E-state index contributed by atoms with van der Waals surface area (Å²) >= 11 is 0. The largest absolute Gasteiger partial charge is 0.479 e. The van der Waals surface area contributed by atoms with Crippen LogP contribution in [0.3, 0.4) is 0 Å². The van der Waals surface area contributed by atoms with Gasteiger partial charge >= 0.3 is 5.97 Å². The van der Waals surface area contributed by atoms with Crippen LogP contribution in [0.25, 0.3) is 0 Å². The average molecular weight is 316 g/mol. The van der Waals surface area contributed by atoms with Crippen molar-refractivity contribution >= 4 is 11.9 Å². The lowest BCUT2D eigenvalue weighted by Crippen LogP contribution is -2.52. The molecule has 0 bridgehead atoms. The van der Waals surface area contributed by atoms with Crippen LogP contribution in [-0.4, -0.2) is 49.1 Å². The van der Waals surface area contributed by atoms with Crippen molar-refractivity contribution in [2.24, 2.45) is 7.05 Å². The molecule has 1 amide bonds. The molecule has 0 atom stereocenters. The molecule has 7 nitrogen and oxygen atoms in total. The van der Waals surface area contributed by atoms with Crippen molar-refractivity contribution in [3.05, 3.63) is 42.7 Å². The lowest BCUT2D eigenvalue weighted by molar-refractivity contribution is -0.152. The van der Waals surface area contributed by atoms with Crippen molar-refractivity contribution in [1.29, 1.82) is 0 Å². The third-order valence-electron chi connectivity index (χ3n) is 4.59. The van der Waals surface area contributed by atoms with Crippen LogP contribution in [0.2, 0.25) is 0 Å². The molecule has 122 valence electrons. The molecule has 1 N–H and O–H groups in total. The van der Waals surface area contributed by atoms with E-state index in [1.807, 2.05) is 30.1 Å². The highest BCUT2D eigenvalue weighted by atomic mass is 16.4. The van der Waals surface area contributed by atoms with Gasteiger partial charge in [-0.25, -0.2) is 9.78 Å². The van der Waals surface area contributed by atoms with Gasteiger partial charge in [0.15, 0.2) is 0 Å². The predicted molar refractivity (Wildman–Crippen MR) is 82.8 cm³/mol. The van der Waals surface area contributed by atoms with Gasteiger partial charge in [0.1, 0.15) is 5.54 Å². The molecule has 0 saturated carbocycles. The second-order valence-corrected chi connectivity index (χ2v) is 6.05. The van der Waals surface area contributed by atoms with Gasteiger partial charge in [-0.15, -0.1) is 0 Å². The number of carbonyl (C=O) groups is 2. The topological polar surface area (TPSA) is 80.4 Å². The first-order valence-corrected chi connectivity index (χ1v) is 7.62. The van der Waals surface area contributed by atoms with Crippen LogP contribution in [0, 0.1) is 0 Å². The maximum atomic E-state index is 12.4. The van der Waals surface area contributed by atoms with Gasteiger partial charge in [0.05, 0.1) is 12.7 Å². The quantitative estimate of drug-likeness (QED) is 0.907. The van der Waals surface area contributed by atoms with Gasteiger partial charge in [-0.1, -0.05) is 0 Å². The van der Waals surface area contributed by atoms with Crippen molar-refractivity contribution in [3.63, 3.8) is 0 Å². The molecular formula is C16H20N4O3. The molecule has 2 aromatic rings. The van der Waals surface area contributed by atoms with E-state index in [0.29, 0.717) is 32.4 Å². The molecule has 1 saturated heterocycles. The van der Waals surface area contributed by atoms with E-state index in [0.717, 1.165) is 5.56 Å². The minimum absolute atomic E-state index is 0.0424. The van der Waals surface area contributed by atoms with E-state index in [4.69, 9.17) is 0 Å². The molecule has 0 aromatic carbocycles. The van der Waals surface area contributed by atoms with E-state index in [1.165, 1.54) is 6.33 Å². The summed E-state index contributed by atoms with van der Waals surface area (Å²) in [7, 11) is 1.92. The molecule has 3 heterocycles. The second kappa shape index (κ2) is 5.91. The van der Waals surface area contributed by atoms with Crippen LogP contribution in [0.1, 0.15) is 18.4 Å². The molecule has 0 unspecified atom stereocenters. The average Bonchev–Trinajstić information content (AvgIpc) is 3.19. The number of amides is 1. The third kappa shape index (κ3) is 2.86. The molecule has 7 heteroatoms. The second-order valence-electron chi connectivity index (χ2n) is 6.05. The zero-order chi connectivity index (χ0) is 16.4. The normalized spacial score (nSPS) is 17.2. The van der Waals surface area contributed by atoms with Gasteiger partial charge in [-0.05, 0) is 24.5 Å². The number of carboxylic acids is 1. The Morgan fingerprint density at radius 1 is 1.30 bits per heavy atom. The number of likely N-dealkylation sites (tertiary alicyclic amines) is 1. The predicted octanol–water partition coefficient (Wildman–Crippen LogP) is 0.867. The number of aromatic nitrogens is 3. The number of nitrogens with zero attached hydrogens (tertiary/aromatic N) is 4.